The average molecular weight is 278 g/mol. The molecule has 5 nitrogen and oxygen atoms in total. The van der Waals surface area contributed by atoms with Gasteiger partial charge in [-0.2, -0.15) is 0 Å². The first-order valence-electron chi connectivity index (χ1n) is 7.05. The molecule has 1 aromatic rings. The Balaban J connectivity index is 1.93. The Bertz CT molecular complexity index is 492. The Morgan fingerprint density at radius 1 is 1.35 bits per heavy atom. The normalized spacial score (nSPS) is 25.4. The minimum atomic E-state index is 0.291. The maximum atomic E-state index is 5.81. The van der Waals surface area contributed by atoms with E-state index in [4.69, 9.17) is 19.9 Å². The predicted molar refractivity (Wildman–Crippen MR) is 75.8 cm³/mol. The lowest BCUT2D eigenvalue weighted by Gasteiger charge is -2.21. The fraction of sp³-hybridized carbons (Fsp3) is 0.600. The van der Waals surface area contributed by atoms with E-state index in [0.717, 1.165) is 36.6 Å². The number of hydrogen-bond donors (Lipinski definition) is 1. The Hall–Kier alpha value is -1.30. The van der Waals surface area contributed by atoms with Crippen molar-refractivity contribution in [1.82, 2.24) is 4.90 Å². The van der Waals surface area contributed by atoms with Crippen molar-refractivity contribution in [2.75, 3.05) is 34.0 Å². The second-order valence-electron chi connectivity index (χ2n) is 5.60. The summed E-state index contributed by atoms with van der Waals surface area (Å²) in [6.07, 6.45) is 1.08. The molecule has 0 aliphatic carbocycles. The van der Waals surface area contributed by atoms with Gasteiger partial charge in [0, 0.05) is 30.8 Å². The zero-order valence-electron chi connectivity index (χ0n) is 12.1. The van der Waals surface area contributed by atoms with E-state index in [-0.39, 0.29) is 0 Å². The van der Waals surface area contributed by atoms with Gasteiger partial charge < -0.3 is 19.9 Å². The first kappa shape index (κ1) is 13.7. The number of methoxy groups -OCH3 is 1. The van der Waals surface area contributed by atoms with Crippen LogP contribution in [0.3, 0.4) is 0 Å². The second kappa shape index (κ2) is 5.60. The van der Waals surface area contributed by atoms with Gasteiger partial charge >= 0.3 is 0 Å². The Labute approximate surface area is 119 Å². The van der Waals surface area contributed by atoms with Gasteiger partial charge in [0.1, 0.15) is 0 Å². The second-order valence-corrected chi connectivity index (χ2v) is 5.60. The van der Waals surface area contributed by atoms with Gasteiger partial charge in [0.15, 0.2) is 11.5 Å². The molecule has 1 saturated heterocycles. The Kier molecular flexibility index (Phi) is 3.83. The van der Waals surface area contributed by atoms with E-state index < -0.39 is 0 Å². The number of hydrogen-bond acceptors (Lipinski definition) is 5. The SMILES string of the molecule is COCc1ccc(C2CC(CN)CN2C)c2c1OCO2. The molecule has 0 spiro atoms. The number of nitrogens with two attached hydrogens (primary N) is 1. The molecule has 2 unspecified atom stereocenters. The molecule has 2 aliphatic rings. The van der Waals surface area contributed by atoms with E-state index in [2.05, 4.69) is 24.1 Å². The molecule has 110 valence electrons. The maximum Gasteiger partial charge on any atom is 0.231 e. The van der Waals surface area contributed by atoms with Crippen molar-refractivity contribution in [3.8, 4) is 11.5 Å². The molecule has 1 fully saturated rings. The average Bonchev–Trinajstić information content (AvgIpc) is 3.06. The molecule has 0 radical (unpaired) electrons. The van der Waals surface area contributed by atoms with Crippen LogP contribution in [0.15, 0.2) is 12.1 Å². The number of rotatable bonds is 4. The van der Waals surface area contributed by atoms with E-state index in [9.17, 15) is 0 Å². The summed E-state index contributed by atoms with van der Waals surface area (Å²) in [5, 5.41) is 0. The van der Waals surface area contributed by atoms with E-state index in [1.165, 1.54) is 5.56 Å². The van der Waals surface area contributed by atoms with Gasteiger partial charge in [0.25, 0.3) is 0 Å². The highest BCUT2D eigenvalue weighted by atomic mass is 16.7. The molecule has 0 aromatic heterocycles. The Morgan fingerprint density at radius 2 is 2.15 bits per heavy atom. The van der Waals surface area contributed by atoms with Crippen molar-refractivity contribution in [1.29, 1.82) is 0 Å². The van der Waals surface area contributed by atoms with Crippen molar-refractivity contribution in [3.05, 3.63) is 23.3 Å². The number of benzene rings is 1. The summed E-state index contributed by atoms with van der Waals surface area (Å²) in [4.78, 5) is 2.35. The van der Waals surface area contributed by atoms with Crippen LogP contribution in [0.4, 0.5) is 0 Å². The van der Waals surface area contributed by atoms with E-state index in [0.29, 0.717) is 25.4 Å². The van der Waals surface area contributed by atoms with Crippen LogP contribution in [0.5, 0.6) is 11.5 Å². The third-order valence-corrected chi connectivity index (χ3v) is 4.26. The van der Waals surface area contributed by atoms with Crippen LogP contribution in [-0.4, -0.2) is 38.9 Å². The van der Waals surface area contributed by atoms with Crippen molar-refractivity contribution in [2.45, 2.75) is 19.1 Å². The molecular weight excluding hydrogens is 256 g/mol. The summed E-state index contributed by atoms with van der Waals surface area (Å²) in [5.41, 5.74) is 8.06. The van der Waals surface area contributed by atoms with Crippen molar-refractivity contribution in [3.63, 3.8) is 0 Å². The molecule has 0 bridgehead atoms. The predicted octanol–water partition coefficient (Wildman–Crippen LogP) is 1.51. The highest BCUT2D eigenvalue weighted by Gasteiger charge is 2.34. The summed E-state index contributed by atoms with van der Waals surface area (Å²) < 4.78 is 16.5. The minimum Gasteiger partial charge on any atom is -0.453 e. The van der Waals surface area contributed by atoms with Gasteiger partial charge in [0.2, 0.25) is 6.79 Å². The molecule has 5 heteroatoms. The van der Waals surface area contributed by atoms with E-state index in [1.807, 2.05) is 0 Å². The summed E-state index contributed by atoms with van der Waals surface area (Å²) in [7, 11) is 3.83. The van der Waals surface area contributed by atoms with Crippen molar-refractivity contribution < 1.29 is 14.2 Å². The van der Waals surface area contributed by atoms with Crippen molar-refractivity contribution >= 4 is 0 Å². The van der Waals surface area contributed by atoms with E-state index in [1.54, 1.807) is 7.11 Å². The van der Waals surface area contributed by atoms with Crippen LogP contribution >= 0.6 is 0 Å². The van der Waals surface area contributed by atoms with Gasteiger partial charge in [-0.3, -0.25) is 4.90 Å². The van der Waals surface area contributed by atoms with Crippen LogP contribution in [0.25, 0.3) is 0 Å². The molecule has 20 heavy (non-hydrogen) atoms. The molecule has 2 atom stereocenters. The highest BCUT2D eigenvalue weighted by molar-refractivity contribution is 5.54. The highest BCUT2D eigenvalue weighted by Crippen LogP contribution is 2.46. The van der Waals surface area contributed by atoms with Gasteiger partial charge in [-0.05, 0) is 25.9 Å². The molecule has 2 N–H and O–H groups in total. The van der Waals surface area contributed by atoms with Gasteiger partial charge in [-0.25, -0.2) is 0 Å². The van der Waals surface area contributed by atoms with Crippen LogP contribution in [0, 0.1) is 5.92 Å². The fourth-order valence-corrected chi connectivity index (χ4v) is 3.24. The third kappa shape index (κ3) is 2.26. The third-order valence-electron chi connectivity index (χ3n) is 4.26. The molecule has 0 amide bonds. The van der Waals surface area contributed by atoms with Crippen LogP contribution in [0.2, 0.25) is 0 Å². The lowest BCUT2D eigenvalue weighted by molar-refractivity contribution is 0.162. The summed E-state index contributed by atoms with van der Waals surface area (Å²) in [6.45, 7) is 2.61. The van der Waals surface area contributed by atoms with Gasteiger partial charge in [0.05, 0.1) is 6.61 Å². The molecule has 0 saturated carbocycles. The molecular formula is C15H22N2O3. The first-order valence-corrected chi connectivity index (χ1v) is 7.05. The first-order chi connectivity index (χ1) is 9.74. The number of likely N-dealkylation sites (tertiary alicyclic amines) is 1. The summed E-state index contributed by atoms with van der Waals surface area (Å²) in [5.74, 6) is 2.28. The van der Waals surface area contributed by atoms with Gasteiger partial charge in [-0.1, -0.05) is 12.1 Å². The molecule has 3 rings (SSSR count). The largest absolute Gasteiger partial charge is 0.453 e. The summed E-state index contributed by atoms with van der Waals surface area (Å²) in [6, 6.07) is 4.58. The number of nitrogens with zero attached hydrogens (tertiary/aromatic N) is 1. The smallest absolute Gasteiger partial charge is 0.231 e. The zero-order chi connectivity index (χ0) is 14.1. The lowest BCUT2D eigenvalue weighted by atomic mass is 9.97. The minimum absolute atomic E-state index is 0.291. The van der Waals surface area contributed by atoms with Gasteiger partial charge in [-0.15, -0.1) is 0 Å². The van der Waals surface area contributed by atoms with Crippen LogP contribution < -0.4 is 15.2 Å². The van der Waals surface area contributed by atoms with E-state index >= 15 is 0 Å². The Morgan fingerprint density at radius 3 is 2.85 bits per heavy atom. The van der Waals surface area contributed by atoms with Crippen LogP contribution in [0.1, 0.15) is 23.6 Å². The molecule has 1 aromatic carbocycles. The van der Waals surface area contributed by atoms with Crippen molar-refractivity contribution in [2.24, 2.45) is 11.7 Å². The maximum absolute atomic E-state index is 5.81. The topological polar surface area (TPSA) is 57.0 Å². The fourth-order valence-electron chi connectivity index (χ4n) is 3.24. The monoisotopic (exact) mass is 278 g/mol. The molecule has 2 heterocycles. The van der Waals surface area contributed by atoms with Crippen LogP contribution in [-0.2, 0) is 11.3 Å². The quantitative estimate of drug-likeness (QED) is 0.905. The lowest BCUT2D eigenvalue weighted by Crippen LogP contribution is -2.20. The molecule has 2 aliphatic heterocycles. The standard InChI is InChI=1S/C15H22N2O3/c1-17-7-10(6-16)5-13(17)12-4-3-11(8-18-2)14-15(12)20-9-19-14/h3-4,10,13H,5-9,16H2,1-2H3. The zero-order valence-corrected chi connectivity index (χ0v) is 12.1. The number of fused-ring (bicyclic) bond motifs is 1. The number of ether oxygens (including phenoxy) is 3. The summed E-state index contributed by atoms with van der Waals surface area (Å²) >= 11 is 0.